The van der Waals surface area contributed by atoms with Crippen LogP contribution in [0.4, 0.5) is 0 Å². The first-order valence-electron chi connectivity index (χ1n) is 5.14. The molecule has 16 heavy (non-hydrogen) atoms. The maximum Gasteiger partial charge on any atom is 0.0706 e. The Morgan fingerprint density at radius 2 is 1.81 bits per heavy atom. The first kappa shape index (κ1) is 12.1. The topological polar surface area (TPSA) is 12.9 Å². The van der Waals surface area contributed by atoms with Crippen LogP contribution in [0, 0.1) is 0 Å². The molecule has 0 radical (unpaired) electrons. The summed E-state index contributed by atoms with van der Waals surface area (Å²) in [5.41, 5.74) is 2.44. The molecule has 0 aliphatic rings. The number of pyridine rings is 1. The van der Waals surface area contributed by atoms with E-state index in [0.717, 1.165) is 14.5 Å². The van der Waals surface area contributed by atoms with Crippen molar-refractivity contribution in [1.29, 1.82) is 0 Å². The fourth-order valence-corrected chi connectivity index (χ4v) is 3.17. The average Bonchev–Trinajstić information content (AvgIpc) is 2.14. The molecule has 0 amide bonds. The lowest BCUT2D eigenvalue weighted by Crippen LogP contribution is -2.13. The molecule has 0 atom stereocenters. The average molecular weight is 343 g/mol. The van der Waals surface area contributed by atoms with E-state index in [9.17, 15) is 0 Å². The van der Waals surface area contributed by atoms with E-state index in [2.05, 4.69) is 63.7 Å². The van der Waals surface area contributed by atoms with E-state index in [1.54, 1.807) is 0 Å². The van der Waals surface area contributed by atoms with Gasteiger partial charge in [-0.2, -0.15) is 0 Å². The Morgan fingerprint density at radius 3 is 2.44 bits per heavy atom. The Hall–Kier alpha value is -0.410. The smallest absolute Gasteiger partial charge is 0.0706 e. The first-order valence-corrected chi connectivity index (χ1v) is 6.72. The van der Waals surface area contributed by atoms with Gasteiger partial charge in [-0.1, -0.05) is 36.7 Å². The van der Waals surface area contributed by atoms with Gasteiger partial charge in [0.15, 0.2) is 0 Å². The summed E-state index contributed by atoms with van der Waals surface area (Å²) in [7, 11) is 0. The van der Waals surface area contributed by atoms with E-state index < -0.39 is 0 Å². The summed E-state index contributed by atoms with van der Waals surface area (Å²) in [6, 6.07) is 6.20. The molecule has 2 aromatic rings. The number of nitrogens with zero attached hydrogens (tertiary/aromatic N) is 1. The second kappa shape index (κ2) is 4.11. The molecule has 0 aliphatic heterocycles. The van der Waals surface area contributed by atoms with Crippen molar-refractivity contribution >= 4 is 42.8 Å². The van der Waals surface area contributed by atoms with Crippen LogP contribution < -0.4 is 0 Å². The van der Waals surface area contributed by atoms with Crippen molar-refractivity contribution in [3.63, 3.8) is 0 Å². The van der Waals surface area contributed by atoms with Crippen molar-refractivity contribution in [3.8, 4) is 0 Å². The Labute approximate surface area is 113 Å². The molecule has 0 N–H and O–H groups in total. The van der Waals surface area contributed by atoms with E-state index >= 15 is 0 Å². The number of rotatable bonds is 0. The molecule has 0 aliphatic carbocycles. The van der Waals surface area contributed by atoms with Gasteiger partial charge >= 0.3 is 0 Å². The predicted molar refractivity (Wildman–Crippen MR) is 75.8 cm³/mol. The van der Waals surface area contributed by atoms with E-state index in [1.165, 1.54) is 10.9 Å². The second-order valence-corrected chi connectivity index (χ2v) is 6.66. The van der Waals surface area contributed by atoms with Crippen molar-refractivity contribution in [1.82, 2.24) is 4.98 Å². The normalized spacial score (nSPS) is 12.1. The predicted octanol–water partition coefficient (Wildman–Crippen LogP) is 5.06. The van der Waals surface area contributed by atoms with Crippen LogP contribution >= 0.6 is 31.9 Å². The molecule has 1 aromatic heterocycles. The molecule has 84 valence electrons. The highest BCUT2D eigenvalue weighted by molar-refractivity contribution is 9.10. The Morgan fingerprint density at radius 1 is 1.12 bits per heavy atom. The van der Waals surface area contributed by atoms with E-state index in [-0.39, 0.29) is 5.41 Å². The van der Waals surface area contributed by atoms with Crippen LogP contribution in [0.25, 0.3) is 10.9 Å². The Bertz CT molecular complexity index is 536. The SMILES string of the molecule is CC(C)(C)c1c(Br)cnc2ccc(Br)cc12. The lowest BCUT2D eigenvalue weighted by atomic mass is 9.85. The molecule has 0 fully saturated rings. The number of benzene rings is 1. The standard InChI is InChI=1S/C13H13Br2N/c1-13(2,3)12-9-6-8(14)4-5-11(9)16-7-10(12)15/h4-7H,1-3H3. The first-order chi connectivity index (χ1) is 7.39. The second-order valence-electron chi connectivity index (χ2n) is 4.89. The van der Waals surface area contributed by atoms with Gasteiger partial charge in [0.1, 0.15) is 0 Å². The molecule has 1 nitrogen and oxygen atoms in total. The molecule has 0 spiro atoms. The van der Waals surface area contributed by atoms with Crippen molar-refractivity contribution in [3.05, 3.63) is 38.9 Å². The Kier molecular flexibility index (Phi) is 3.10. The molecule has 2 rings (SSSR count). The molecule has 0 bridgehead atoms. The summed E-state index contributed by atoms with van der Waals surface area (Å²) in [5, 5.41) is 1.20. The zero-order valence-corrected chi connectivity index (χ0v) is 12.7. The van der Waals surface area contributed by atoms with Gasteiger partial charge < -0.3 is 0 Å². The quantitative estimate of drug-likeness (QED) is 0.652. The van der Waals surface area contributed by atoms with Gasteiger partial charge in [0, 0.05) is 20.5 Å². The van der Waals surface area contributed by atoms with Crippen molar-refractivity contribution < 1.29 is 0 Å². The van der Waals surface area contributed by atoms with Crippen molar-refractivity contribution in [2.75, 3.05) is 0 Å². The molecular weight excluding hydrogens is 330 g/mol. The van der Waals surface area contributed by atoms with Crippen molar-refractivity contribution in [2.45, 2.75) is 26.2 Å². The third-order valence-corrected chi connectivity index (χ3v) is 3.63. The minimum Gasteiger partial charge on any atom is -0.255 e. The van der Waals surface area contributed by atoms with Gasteiger partial charge in [-0.05, 0) is 45.1 Å². The highest BCUT2D eigenvalue weighted by atomic mass is 79.9. The molecule has 0 unspecified atom stereocenters. The van der Waals surface area contributed by atoms with Gasteiger partial charge in [-0.3, -0.25) is 4.98 Å². The molecule has 0 saturated heterocycles. The van der Waals surface area contributed by atoms with E-state index in [0.29, 0.717) is 0 Å². The molecule has 1 heterocycles. The van der Waals surface area contributed by atoms with Gasteiger partial charge in [-0.15, -0.1) is 0 Å². The monoisotopic (exact) mass is 341 g/mol. The number of halogens is 2. The van der Waals surface area contributed by atoms with Crippen LogP contribution in [-0.2, 0) is 5.41 Å². The van der Waals surface area contributed by atoms with Crippen molar-refractivity contribution in [2.24, 2.45) is 0 Å². The zero-order valence-electron chi connectivity index (χ0n) is 9.51. The molecular formula is C13H13Br2N. The van der Waals surface area contributed by atoms with Crippen LogP contribution in [-0.4, -0.2) is 4.98 Å². The molecule has 3 heteroatoms. The summed E-state index contributed by atoms with van der Waals surface area (Å²) in [6.07, 6.45) is 1.89. The van der Waals surface area contributed by atoms with Crippen LogP contribution in [0.3, 0.4) is 0 Å². The maximum atomic E-state index is 4.43. The largest absolute Gasteiger partial charge is 0.255 e. The van der Waals surface area contributed by atoms with Gasteiger partial charge in [0.2, 0.25) is 0 Å². The minimum atomic E-state index is 0.0980. The maximum absolute atomic E-state index is 4.43. The molecule has 1 aromatic carbocycles. The summed E-state index contributed by atoms with van der Waals surface area (Å²) in [5.74, 6) is 0. The third-order valence-electron chi connectivity index (χ3n) is 2.53. The lowest BCUT2D eigenvalue weighted by molar-refractivity contribution is 0.592. The third kappa shape index (κ3) is 2.16. The lowest BCUT2D eigenvalue weighted by Gasteiger charge is -2.22. The van der Waals surface area contributed by atoms with E-state index in [4.69, 9.17) is 0 Å². The fraction of sp³-hybridized carbons (Fsp3) is 0.308. The highest BCUT2D eigenvalue weighted by Crippen LogP contribution is 2.35. The number of fused-ring (bicyclic) bond motifs is 1. The van der Waals surface area contributed by atoms with E-state index in [1.807, 2.05) is 18.3 Å². The zero-order chi connectivity index (χ0) is 11.9. The minimum absolute atomic E-state index is 0.0980. The summed E-state index contributed by atoms with van der Waals surface area (Å²) >= 11 is 7.11. The van der Waals surface area contributed by atoms with Crippen LogP contribution in [0.1, 0.15) is 26.3 Å². The molecule has 0 saturated carbocycles. The Balaban J connectivity index is 2.88. The number of hydrogen-bond donors (Lipinski definition) is 0. The van der Waals surface area contributed by atoms with Crippen LogP contribution in [0.15, 0.2) is 33.3 Å². The van der Waals surface area contributed by atoms with Crippen LogP contribution in [0.5, 0.6) is 0 Å². The number of aromatic nitrogens is 1. The summed E-state index contributed by atoms with van der Waals surface area (Å²) < 4.78 is 2.16. The highest BCUT2D eigenvalue weighted by Gasteiger charge is 2.20. The van der Waals surface area contributed by atoms with Gasteiger partial charge in [0.05, 0.1) is 5.52 Å². The van der Waals surface area contributed by atoms with Gasteiger partial charge in [0.25, 0.3) is 0 Å². The fourth-order valence-electron chi connectivity index (χ4n) is 1.90. The summed E-state index contributed by atoms with van der Waals surface area (Å²) in [4.78, 5) is 4.43. The number of hydrogen-bond acceptors (Lipinski definition) is 1. The van der Waals surface area contributed by atoms with Crippen LogP contribution in [0.2, 0.25) is 0 Å². The summed E-state index contributed by atoms with van der Waals surface area (Å²) in [6.45, 7) is 6.65. The van der Waals surface area contributed by atoms with Gasteiger partial charge in [-0.25, -0.2) is 0 Å².